The molecule has 19 heavy (non-hydrogen) atoms. The average molecular weight is 261 g/mol. The third-order valence-corrected chi connectivity index (χ3v) is 3.72. The number of ketones is 1. The normalized spacial score (nSPS) is 16.3. The number of benzene rings is 1. The lowest BCUT2D eigenvalue weighted by atomic mass is 9.92. The molecule has 1 fully saturated rings. The predicted octanol–water partition coefficient (Wildman–Crippen LogP) is 2.59. The topological polar surface area (TPSA) is 38.3 Å². The molecule has 0 amide bonds. The molecule has 0 aliphatic carbocycles. The van der Waals surface area contributed by atoms with Gasteiger partial charge in [-0.25, -0.2) is 0 Å². The molecule has 1 saturated heterocycles. The van der Waals surface area contributed by atoms with E-state index in [0.29, 0.717) is 18.8 Å². The second-order valence-corrected chi connectivity index (χ2v) is 5.09. The Morgan fingerprint density at radius 3 is 2.89 bits per heavy atom. The van der Waals surface area contributed by atoms with Crippen LogP contribution < -0.4 is 10.1 Å². The van der Waals surface area contributed by atoms with Crippen molar-refractivity contribution in [2.75, 3.05) is 19.7 Å². The minimum absolute atomic E-state index is 0.242. The first-order chi connectivity index (χ1) is 9.29. The summed E-state index contributed by atoms with van der Waals surface area (Å²) in [7, 11) is 0. The highest BCUT2D eigenvalue weighted by atomic mass is 16.5. The molecule has 0 spiro atoms. The van der Waals surface area contributed by atoms with Gasteiger partial charge >= 0.3 is 0 Å². The lowest BCUT2D eigenvalue weighted by molar-refractivity contribution is -0.124. The van der Waals surface area contributed by atoms with E-state index in [4.69, 9.17) is 4.74 Å². The molecular weight excluding hydrogens is 238 g/mol. The van der Waals surface area contributed by atoms with Gasteiger partial charge in [-0.05, 0) is 50.0 Å². The molecule has 1 aliphatic rings. The maximum absolute atomic E-state index is 12.0. The van der Waals surface area contributed by atoms with Crippen LogP contribution in [0, 0.1) is 5.92 Å². The number of hydrogen-bond acceptors (Lipinski definition) is 3. The third-order valence-electron chi connectivity index (χ3n) is 3.72. The second-order valence-electron chi connectivity index (χ2n) is 5.09. The lowest BCUT2D eigenvalue weighted by Gasteiger charge is -2.21. The number of rotatable bonds is 6. The SMILES string of the molecule is CCc1cccc(OCCC(=O)C2CCNCC2)c1. The van der Waals surface area contributed by atoms with Gasteiger partial charge in [0.25, 0.3) is 0 Å². The summed E-state index contributed by atoms with van der Waals surface area (Å²) in [5.74, 6) is 1.47. The van der Waals surface area contributed by atoms with Crippen LogP contribution in [-0.2, 0) is 11.2 Å². The van der Waals surface area contributed by atoms with Crippen molar-refractivity contribution >= 4 is 5.78 Å². The van der Waals surface area contributed by atoms with E-state index in [1.54, 1.807) is 0 Å². The molecule has 1 aromatic carbocycles. The van der Waals surface area contributed by atoms with Crippen molar-refractivity contribution in [3.8, 4) is 5.75 Å². The molecule has 1 aromatic rings. The Morgan fingerprint density at radius 1 is 1.37 bits per heavy atom. The Bertz CT molecular complexity index is 411. The van der Waals surface area contributed by atoms with Crippen molar-refractivity contribution in [3.05, 3.63) is 29.8 Å². The highest BCUT2D eigenvalue weighted by Gasteiger charge is 2.20. The van der Waals surface area contributed by atoms with Crippen molar-refractivity contribution < 1.29 is 9.53 Å². The molecule has 3 heteroatoms. The van der Waals surface area contributed by atoms with Gasteiger partial charge in [-0.3, -0.25) is 4.79 Å². The molecule has 1 heterocycles. The average Bonchev–Trinajstić information content (AvgIpc) is 2.48. The van der Waals surface area contributed by atoms with Crippen LogP contribution >= 0.6 is 0 Å². The largest absolute Gasteiger partial charge is 0.493 e. The Morgan fingerprint density at radius 2 is 2.16 bits per heavy atom. The van der Waals surface area contributed by atoms with Gasteiger partial charge in [-0.2, -0.15) is 0 Å². The second kappa shape index (κ2) is 7.29. The minimum atomic E-state index is 0.242. The van der Waals surface area contributed by atoms with Gasteiger partial charge in [0.05, 0.1) is 6.61 Å². The van der Waals surface area contributed by atoms with Crippen LogP contribution in [-0.4, -0.2) is 25.5 Å². The van der Waals surface area contributed by atoms with Crippen molar-refractivity contribution in [3.63, 3.8) is 0 Å². The van der Waals surface area contributed by atoms with Gasteiger partial charge in [0.15, 0.2) is 0 Å². The van der Waals surface area contributed by atoms with E-state index in [1.165, 1.54) is 5.56 Å². The fraction of sp³-hybridized carbons (Fsp3) is 0.562. The quantitative estimate of drug-likeness (QED) is 0.855. The zero-order valence-electron chi connectivity index (χ0n) is 11.7. The maximum Gasteiger partial charge on any atom is 0.139 e. The van der Waals surface area contributed by atoms with Crippen LogP contribution in [0.25, 0.3) is 0 Å². The lowest BCUT2D eigenvalue weighted by Crippen LogP contribution is -2.32. The first kappa shape index (κ1) is 14.1. The first-order valence-corrected chi connectivity index (χ1v) is 7.24. The van der Waals surface area contributed by atoms with Crippen LogP contribution in [0.3, 0.4) is 0 Å². The Balaban J connectivity index is 1.74. The van der Waals surface area contributed by atoms with Gasteiger partial charge in [0, 0.05) is 12.3 Å². The maximum atomic E-state index is 12.0. The summed E-state index contributed by atoms with van der Waals surface area (Å²) in [5.41, 5.74) is 1.27. The highest BCUT2D eigenvalue weighted by molar-refractivity contribution is 5.81. The summed E-state index contributed by atoms with van der Waals surface area (Å²) < 4.78 is 5.67. The van der Waals surface area contributed by atoms with Crippen molar-refractivity contribution in [2.24, 2.45) is 5.92 Å². The van der Waals surface area contributed by atoms with Crippen LogP contribution in [0.2, 0.25) is 0 Å². The highest BCUT2D eigenvalue weighted by Crippen LogP contribution is 2.16. The summed E-state index contributed by atoms with van der Waals surface area (Å²) >= 11 is 0. The van der Waals surface area contributed by atoms with Gasteiger partial charge in [-0.1, -0.05) is 19.1 Å². The first-order valence-electron chi connectivity index (χ1n) is 7.24. The number of carbonyl (C=O) groups excluding carboxylic acids is 1. The Labute approximate surface area is 115 Å². The summed E-state index contributed by atoms with van der Waals surface area (Å²) in [6, 6.07) is 8.10. The van der Waals surface area contributed by atoms with Crippen molar-refractivity contribution in [1.29, 1.82) is 0 Å². The summed E-state index contributed by atoms with van der Waals surface area (Å²) in [6.45, 7) is 4.56. The molecule has 0 unspecified atom stereocenters. The minimum Gasteiger partial charge on any atom is -0.493 e. The third kappa shape index (κ3) is 4.35. The summed E-state index contributed by atoms with van der Waals surface area (Å²) in [4.78, 5) is 12.0. The van der Waals surface area contributed by atoms with Crippen molar-refractivity contribution in [2.45, 2.75) is 32.6 Å². The van der Waals surface area contributed by atoms with Gasteiger partial charge in [-0.15, -0.1) is 0 Å². The Hall–Kier alpha value is -1.35. The molecule has 1 aliphatic heterocycles. The number of Topliss-reactive ketones (excluding diaryl/α,β-unsaturated/α-hetero) is 1. The summed E-state index contributed by atoms with van der Waals surface area (Å²) in [6.07, 6.45) is 3.49. The van der Waals surface area contributed by atoms with Crippen LogP contribution in [0.4, 0.5) is 0 Å². The van der Waals surface area contributed by atoms with Crippen LogP contribution in [0.1, 0.15) is 31.7 Å². The van der Waals surface area contributed by atoms with E-state index in [2.05, 4.69) is 24.4 Å². The smallest absolute Gasteiger partial charge is 0.139 e. The van der Waals surface area contributed by atoms with E-state index in [1.807, 2.05) is 12.1 Å². The standard InChI is InChI=1S/C16H23NO2/c1-2-13-4-3-5-15(12-13)19-11-8-16(18)14-6-9-17-10-7-14/h3-5,12,14,17H,2,6-11H2,1H3. The number of aryl methyl sites for hydroxylation is 1. The van der Waals surface area contributed by atoms with Crippen LogP contribution in [0.5, 0.6) is 5.75 Å². The van der Waals surface area contributed by atoms with E-state index in [9.17, 15) is 4.79 Å². The fourth-order valence-electron chi connectivity index (χ4n) is 2.47. The molecule has 3 nitrogen and oxygen atoms in total. The zero-order valence-corrected chi connectivity index (χ0v) is 11.7. The number of ether oxygens (including phenoxy) is 1. The van der Waals surface area contributed by atoms with E-state index < -0.39 is 0 Å². The molecule has 0 aromatic heterocycles. The number of carbonyl (C=O) groups is 1. The van der Waals surface area contributed by atoms with E-state index in [-0.39, 0.29) is 5.92 Å². The van der Waals surface area contributed by atoms with Crippen molar-refractivity contribution in [1.82, 2.24) is 5.32 Å². The van der Waals surface area contributed by atoms with Crippen LogP contribution in [0.15, 0.2) is 24.3 Å². The molecule has 0 atom stereocenters. The fourth-order valence-corrected chi connectivity index (χ4v) is 2.47. The number of piperidine rings is 1. The molecule has 0 saturated carbocycles. The van der Waals surface area contributed by atoms with Gasteiger partial charge in [0.2, 0.25) is 0 Å². The molecular formula is C16H23NO2. The molecule has 0 bridgehead atoms. The summed E-state index contributed by atoms with van der Waals surface area (Å²) in [5, 5.41) is 3.28. The van der Waals surface area contributed by atoms with E-state index >= 15 is 0 Å². The molecule has 0 radical (unpaired) electrons. The van der Waals surface area contributed by atoms with E-state index in [0.717, 1.165) is 38.1 Å². The zero-order chi connectivity index (χ0) is 13.5. The molecule has 1 N–H and O–H groups in total. The Kier molecular flexibility index (Phi) is 5.40. The van der Waals surface area contributed by atoms with Gasteiger partial charge < -0.3 is 10.1 Å². The molecule has 104 valence electrons. The molecule has 2 rings (SSSR count). The number of hydrogen-bond donors (Lipinski definition) is 1. The monoisotopic (exact) mass is 261 g/mol. The number of nitrogens with one attached hydrogen (secondary N) is 1. The predicted molar refractivity (Wildman–Crippen MR) is 76.5 cm³/mol. The van der Waals surface area contributed by atoms with Gasteiger partial charge in [0.1, 0.15) is 11.5 Å².